The van der Waals surface area contributed by atoms with Crippen LogP contribution >= 0.6 is 11.8 Å². The van der Waals surface area contributed by atoms with E-state index >= 15 is 0 Å². The Kier molecular flexibility index (Phi) is 9.90. The Bertz CT molecular complexity index is 934. The highest BCUT2D eigenvalue weighted by molar-refractivity contribution is 8.02. The van der Waals surface area contributed by atoms with Crippen LogP contribution in [0.5, 0.6) is 0 Å². The molecule has 0 aromatic heterocycles. The molecule has 8 heteroatoms. The molecule has 0 radical (unpaired) electrons. The van der Waals surface area contributed by atoms with Gasteiger partial charge in [0, 0.05) is 17.8 Å². The van der Waals surface area contributed by atoms with Crippen LogP contribution in [0.3, 0.4) is 0 Å². The number of carbonyl (C=O) groups excluding carboxylic acids is 3. The molecule has 4 fully saturated rings. The van der Waals surface area contributed by atoms with Gasteiger partial charge in [0.25, 0.3) is 0 Å². The number of unbranched alkanes of at least 4 members (excludes halogenated alkanes) is 1. The van der Waals surface area contributed by atoms with Crippen molar-refractivity contribution in [2.75, 3.05) is 19.8 Å². The molecule has 7 atom stereocenters. The molecule has 0 aromatic rings. The van der Waals surface area contributed by atoms with E-state index in [1.54, 1.807) is 28.8 Å². The van der Waals surface area contributed by atoms with E-state index in [1.807, 2.05) is 4.90 Å². The summed E-state index contributed by atoms with van der Waals surface area (Å²) in [7, 11) is 0. The number of nitrogens with zero attached hydrogens (tertiary/aromatic N) is 2. The molecule has 0 aromatic carbocycles. The highest BCUT2D eigenvalue weighted by Gasteiger charge is 2.77. The highest BCUT2D eigenvalue weighted by atomic mass is 32.2. The van der Waals surface area contributed by atoms with Gasteiger partial charge in [0.2, 0.25) is 11.8 Å². The van der Waals surface area contributed by atoms with Crippen LogP contribution < -0.4 is 0 Å². The second-order valence-electron chi connectivity index (χ2n) is 12.4. The van der Waals surface area contributed by atoms with E-state index in [4.69, 9.17) is 4.74 Å². The van der Waals surface area contributed by atoms with Gasteiger partial charge in [-0.2, -0.15) is 0 Å². The number of likely N-dealkylation sites (tertiary alicyclic amines) is 1. The van der Waals surface area contributed by atoms with Gasteiger partial charge in [0.05, 0.1) is 35.8 Å². The fourth-order valence-electron chi connectivity index (χ4n) is 7.83. The first kappa shape index (κ1) is 30.2. The Labute approximate surface area is 238 Å². The SMILES string of the molecule is C=CCCCOC(=O)[C@@H]1[C@@H]2CC(C)C3(S2)C(C(=O)N(CC=C)C2CCCCC2)N([C@@H](CO)CC(C)C)C(=O)[C@H]13. The van der Waals surface area contributed by atoms with Crippen LogP contribution in [0.1, 0.15) is 78.6 Å². The van der Waals surface area contributed by atoms with Crippen LogP contribution in [0.2, 0.25) is 0 Å². The summed E-state index contributed by atoms with van der Waals surface area (Å²) in [5.74, 6) is -1.39. The molecular weight excluding hydrogens is 512 g/mol. The zero-order valence-electron chi connectivity index (χ0n) is 24.1. The van der Waals surface area contributed by atoms with Crippen molar-refractivity contribution in [2.45, 2.75) is 107 Å². The fourth-order valence-corrected chi connectivity index (χ4v) is 10.2. The Morgan fingerprint density at radius 2 is 1.95 bits per heavy atom. The lowest BCUT2D eigenvalue weighted by Crippen LogP contribution is -2.60. The first-order valence-electron chi connectivity index (χ1n) is 15.0. The van der Waals surface area contributed by atoms with Gasteiger partial charge in [0.15, 0.2) is 0 Å². The van der Waals surface area contributed by atoms with E-state index < -0.39 is 28.7 Å². The number of aliphatic hydroxyl groups excluding tert-OH is 1. The second kappa shape index (κ2) is 12.8. The van der Waals surface area contributed by atoms with Crippen molar-refractivity contribution in [3.63, 3.8) is 0 Å². The lowest BCUT2D eigenvalue weighted by molar-refractivity contribution is -0.155. The van der Waals surface area contributed by atoms with Crippen LogP contribution in [-0.4, -0.2) is 80.6 Å². The number of rotatable bonds is 13. The molecule has 1 saturated carbocycles. The molecule has 2 bridgehead atoms. The van der Waals surface area contributed by atoms with Gasteiger partial charge in [-0.3, -0.25) is 14.4 Å². The van der Waals surface area contributed by atoms with Crippen molar-refractivity contribution in [3.05, 3.63) is 25.3 Å². The average molecular weight is 561 g/mol. The van der Waals surface area contributed by atoms with Gasteiger partial charge in [-0.1, -0.05) is 52.2 Å². The molecule has 3 saturated heterocycles. The van der Waals surface area contributed by atoms with Crippen LogP contribution in [-0.2, 0) is 19.1 Å². The molecule has 7 nitrogen and oxygen atoms in total. The van der Waals surface area contributed by atoms with Gasteiger partial charge >= 0.3 is 5.97 Å². The summed E-state index contributed by atoms with van der Waals surface area (Å²) in [6, 6.07) is -1.06. The minimum Gasteiger partial charge on any atom is -0.465 e. The number of fused-ring (bicyclic) bond motifs is 1. The van der Waals surface area contributed by atoms with E-state index in [-0.39, 0.29) is 47.5 Å². The number of amides is 2. The third-order valence-corrected chi connectivity index (χ3v) is 11.5. The number of allylic oxidation sites excluding steroid dienone is 1. The van der Waals surface area contributed by atoms with Crippen LogP contribution in [0.15, 0.2) is 25.3 Å². The zero-order valence-corrected chi connectivity index (χ0v) is 24.9. The Morgan fingerprint density at radius 3 is 2.56 bits per heavy atom. The molecule has 39 heavy (non-hydrogen) atoms. The van der Waals surface area contributed by atoms with Crippen molar-refractivity contribution in [2.24, 2.45) is 23.7 Å². The Balaban J connectivity index is 1.74. The number of carbonyl (C=O) groups is 3. The van der Waals surface area contributed by atoms with E-state index in [0.717, 1.165) is 38.5 Å². The number of ether oxygens (including phenoxy) is 1. The molecule has 1 N–H and O–H groups in total. The summed E-state index contributed by atoms with van der Waals surface area (Å²) in [4.78, 5) is 46.4. The standard InChI is InChI=1S/C31H48N2O5S/c1-6-8-12-16-38-30(37)25-24-18-21(5)31(39-24)26(25)28(35)33(23(19-34)17-20(3)4)27(31)29(36)32(15-7-2)22-13-10-9-11-14-22/h6-7,20-27,34H,1-2,8-19H2,3-5H3/t21?,23-,24+,25-,26+,27?,31?/m1/s1. The molecule has 3 heterocycles. The second-order valence-corrected chi connectivity index (χ2v) is 14.0. The van der Waals surface area contributed by atoms with E-state index in [2.05, 4.69) is 33.9 Å². The molecule has 2 amide bonds. The molecule has 1 spiro atoms. The summed E-state index contributed by atoms with van der Waals surface area (Å²) >= 11 is 1.68. The van der Waals surface area contributed by atoms with Gasteiger partial charge in [0.1, 0.15) is 6.04 Å². The molecule has 4 aliphatic rings. The number of thioether (sulfide) groups is 1. The van der Waals surface area contributed by atoms with Gasteiger partial charge in [-0.05, 0) is 50.4 Å². The van der Waals surface area contributed by atoms with Crippen LogP contribution in [0.25, 0.3) is 0 Å². The van der Waals surface area contributed by atoms with Crippen molar-refractivity contribution in [1.82, 2.24) is 9.80 Å². The predicted molar refractivity (Wildman–Crippen MR) is 155 cm³/mol. The maximum atomic E-state index is 14.8. The highest BCUT2D eigenvalue weighted by Crippen LogP contribution is 2.69. The largest absolute Gasteiger partial charge is 0.465 e. The molecule has 3 unspecified atom stereocenters. The summed E-state index contributed by atoms with van der Waals surface area (Å²) < 4.78 is 5.00. The number of hydrogen-bond acceptors (Lipinski definition) is 6. The minimum atomic E-state index is -0.712. The third-order valence-electron chi connectivity index (χ3n) is 9.46. The molecule has 4 rings (SSSR count). The lowest BCUT2D eigenvalue weighted by atomic mass is 9.66. The van der Waals surface area contributed by atoms with E-state index in [1.165, 1.54) is 6.42 Å². The average Bonchev–Trinajstić information content (AvgIpc) is 3.52. The quantitative estimate of drug-likeness (QED) is 0.202. The van der Waals surface area contributed by atoms with Crippen molar-refractivity contribution in [1.29, 1.82) is 0 Å². The maximum absolute atomic E-state index is 14.8. The normalized spacial score (nSPS) is 32.8. The summed E-state index contributed by atoms with van der Waals surface area (Å²) in [6.07, 6.45) is 11.7. The van der Waals surface area contributed by atoms with Crippen molar-refractivity contribution >= 4 is 29.5 Å². The Morgan fingerprint density at radius 1 is 1.23 bits per heavy atom. The minimum absolute atomic E-state index is 0.0418. The predicted octanol–water partition coefficient (Wildman–Crippen LogP) is 4.59. The lowest BCUT2D eigenvalue weighted by Gasteiger charge is -2.44. The van der Waals surface area contributed by atoms with Gasteiger partial charge in [-0.15, -0.1) is 24.9 Å². The topological polar surface area (TPSA) is 87.2 Å². The van der Waals surface area contributed by atoms with Crippen molar-refractivity contribution in [3.8, 4) is 0 Å². The molecular formula is C31H48N2O5S. The number of esters is 1. The van der Waals surface area contributed by atoms with Crippen molar-refractivity contribution < 1.29 is 24.2 Å². The third kappa shape index (κ3) is 5.44. The molecule has 1 aliphatic carbocycles. The van der Waals surface area contributed by atoms with Gasteiger partial charge < -0.3 is 19.6 Å². The number of aliphatic hydroxyl groups is 1. The summed E-state index contributed by atoms with van der Waals surface area (Å²) in [5, 5.41) is 10.5. The fraction of sp³-hybridized carbons (Fsp3) is 0.774. The zero-order chi connectivity index (χ0) is 28.3. The Hall–Kier alpha value is -1.80. The monoisotopic (exact) mass is 560 g/mol. The first-order chi connectivity index (χ1) is 18.7. The van der Waals surface area contributed by atoms with E-state index in [0.29, 0.717) is 26.0 Å². The molecule has 3 aliphatic heterocycles. The van der Waals surface area contributed by atoms with Gasteiger partial charge in [-0.25, -0.2) is 0 Å². The summed E-state index contributed by atoms with van der Waals surface area (Å²) in [5.41, 5.74) is 0. The summed E-state index contributed by atoms with van der Waals surface area (Å²) in [6.45, 7) is 14.5. The van der Waals surface area contributed by atoms with E-state index in [9.17, 15) is 19.5 Å². The maximum Gasteiger partial charge on any atom is 0.310 e. The van der Waals surface area contributed by atoms with Crippen LogP contribution in [0, 0.1) is 23.7 Å². The molecule has 218 valence electrons. The first-order valence-corrected chi connectivity index (χ1v) is 15.9. The number of hydrogen-bond donors (Lipinski definition) is 1. The smallest absolute Gasteiger partial charge is 0.310 e. The van der Waals surface area contributed by atoms with Crippen LogP contribution in [0.4, 0.5) is 0 Å².